The van der Waals surface area contributed by atoms with Crippen LogP contribution in [0.4, 0.5) is 0 Å². The normalized spacial score (nSPS) is 13.6. The van der Waals surface area contributed by atoms with E-state index in [0.29, 0.717) is 0 Å². The van der Waals surface area contributed by atoms with Gasteiger partial charge in [0, 0.05) is 13.7 Å². The fourth-order valence-corrected chi connectivity index (χ4v) is 3.17. The molecule has 0 saturated heterocycles. The second kappa shape index (κ2) is 10.7. The van der Waals surface area contributed by atoms with Gasteiger partial charge in [-0.1, -0.05) is 37.3 Å². The first kappa shape index (κ1) is 18.0. The fourth-order valence-electron chi connectivity index (χ4n) is 2.19. The van der Waals surface area contributed by atoms with Gasteiger partial charge in [0.25, 0.3) is 0 Å². The SMILES string of the molecule is CCCNC(C#N)(CCSCCCOC)c1ccccc1. The minimum absolute atomic E-state index is 0.564. The van der Waals surface area contributed by atoms with Crippen molar-refractivity contribution in [3.05, 3.63) is 35.9 Å². The average molecular weight is 306 g/mol. The molecule has 0 aliphatic carbocycles. The van der Waals surface area contributed by atoms with Gasteiger partial charge in [-0.3, -0.25) is 5.32 Å². The van der Waals surface area contributed by atoms with Gasteiger partial charge in [0.2, 0.25) is 0 Å². The van der Waals surface area contributed by atoms with E-state index in [0.717, 1.165) is 49.5 Å². The molecule has 0 aliphatic heterocycles. The molecule has 0 saturated carbocycles. The smallest absolute Gasteiger partial charge is 0.133 e. The zero-order valence-corrected chi connectivity index (χ0v) is 13.9. The van der Waals surface area contributed by atoms with Crippen molar-refractivity contribution in [2.24, 2.45) is 0 Å². The van der Waals surface area contributed by atoms with Gasteiger partial charge in [0.05, 0.1) is 6.07 Å². The highest BCUT2D eigenvalue weighted by Gasteiger charge is 2.30. The highest BCUT2D eigenvalue weighted by Crippen LogP contribution is 2.26. The predicted molar refractivity (Wildman–Crippen MR) is 90.5 cm³/mol. The Kier molecular flexibility index (Phi) is 9.16. The molecule has 1 atom stereocenters. The van der Waals surface area contributed by atoms with E-state index in [4.69, 9.17) is 4.74 Å². The van der Waals surface area contributed by atoms with Gasteiger partial charge in [0.15, 0.2) is 0 Å². The van der Waals surface area contributed by atoms with E-state index in [1.807, 2.05) is 42.1 Å². The van der Waals surface area contributed by atoms with E-state index >= 15 is 0 Å². The van der Waals surface area contributed by atoms with Crippen molar-refractivity contribution < 1.29 is 4.74 Å². The molecule has 0 radical (unpaired) electrons. The van der Waals surface area contributed by atoms with Crippen molar-refractivity contribution in [3.63, 3.8) is 0 Å². The number of methoxy groups -OCH3 is 1. The Morgan fingerprint density at radius 1 is 1.29 bits per heavy atom. The molecular weight excluding hydrogens is 280 g/mol. The van der Waals surface area contributed by atoms with Crippen molar-refractivity contribution in [2.45, 2.75) is 31.7 Å². The van der Waals surface area contributed by atoms with Crippen LogP contribution < -0.4 is 5.32 Å². The van der Waals surface area contributed by atoms with Crippen LogP contribution in [0.25, 0.3) is 0 Å². The Morgan fingerprint density at radius 2 is 2.05 bits per heavy atom. The quantitative estimate of drug-likeness (QED) is 0.635. The number of hydrogen-bond donors (Lipinski definition) is 1. The topological polar surface area (TPSA) is 45.0 Å². The number of hydrogen-bond acceptors (Lipinski definition) is 4. The van der Waals surface area contributed by atoms with Crippen LogP contribution in [0, 0.1) is 11.3 Å². The standard InChI is InChI=1S/C17H26N2OS/c1-3-11-19-17(15-18,16-8-5-4-6-9-16)10-14-21-13-7-12-20-2/h4-6,8-9,19H,3,7,10-14H2,1-2H3. The summed E-state index contributed by atoms with van der Waals surface area (Å²) in [6.45, 7) is 3.79. The largest absolute Gasteiger partial charge is 0.385 e. The van der Waals surface area contributed by atoms with E-state index in [-0.39, 0.29) is 0 Å². The summed E-state index contributed by atoms with van der Waals surface area (Å²) in [5, 5.41) is 13.2. The van der Waals surface area contributed by atoms with Crippen LogP contribution in [0.15, 0.2) is 30.3 Å². The van der Waals surface area contributed by atoms with Gasteiger partial charge in [-0.25, -0.2) is 0 Å². The first-order valence-electron chi connectivity index (χ1n) is 7.57. The van der Waals surface area contributed by atoms with E-state index in [2.05, 4.69) is 18.3 Å². The van der Waals surface area contributed by atoms with E-state index in [1.54, 1.807) is 7.11 Å². The third-order valence-electron chi connectivity index (χ3n) is 3.39. The molecular formula is C17H26N2OS. The number of nitrogens with zero attached hydrogens (tertiary/aromatic N) is 1. The van der Waals surface area contributed by atoms with Gasteiger partial charge in [-0.2, -0.15) is 17.0 Å². The molecule has 0 amide bonds. The summed E-state index contributed by atoms with van der Waals surface area (Å²) in [6.07, 6.45) is 2.91. The highest BCUT2D eigenvalue weighted by atomic mass is 32.2. The Bertz CT molecular complexity index is 419. The molecule has 3 nitrogen and oxygen atoms in total. The summed E-state index contributed by atoms with van der Waals surface area (Å²) < 4.78 is 5.05. The van der Waals surface area contributed by atoms with Crippen LogP contribution >= 0.6 is 11.8 Å². The van der Waals surface area contributed by atoms with Crippen LogP contribution in [0.1, 0.15) is 31.7 Å². The molecule has 0 aromatic heterocycles. The van der Waals surface area contributed by atoms with Gasteiger partial charge < -0.3 is 4.74 Å². The summed E-state index contributed by atoms with van der Waals surface area (Å²) in [4.78, 5) is 0. The van der Waals surface area contributed by atoms with Crippen LogP contribution in [0.3, 0.4) is 0 Å². The second-order valence-electron chi connectivity index (χ2n) is 5.02. The van der Waals surface area contributed by atoms with Crippen molar-refractivity contribution in [1.82, 2.24) is 5.32 Å². The summed E-state index contributed by atoms with van der Waals surface area (Å²) >= 11 is 1.89. The highest BCUT2D eigenvalue weighted by molar-refractivity contribution is 7.99. The molecule has 0 aliphatic rings. The van der Waals surface area contributed by atoms with Gasteiger partial charge in [-0.15, -0.1) is 0 Å². The Labute approximate surface area is 133 Å². The monoisotopic (exact) mass is 306 g/mol. The second-order valence-corrected chi connectivity index (χ2v) is 6.24. The average Bonchev–Trinajstić information content (AvgIpc) is 2.55. The van der Waals surface area contributed by atoms with E-state index in [1.165, 1.54) is 0 Å². The molecule has 1 N–H and O–H groups in total. The maximum Gasteiger partial charge on any atom is 0.133 e. The van der Waals surface area contributed by atoms with Crippen LogP contribution in [0.2, 0.25) is 0 Å². The molecule has 1 rings (SSSR count). The third-order valence-corrected chi connectivity index (χ3v) is 4.46. The van der Waals surface area contributed by atoms with Crippen molar-refractivity contribution in [2.75, 3.05) is 31.8 Å². The van der Waals surface area contributed by atoms with E-state index in [9.17, 15) is 5.26 Å². The molecule has 116 valence electrons. The Morgan fingerprint density at radius 3 is 2.67 bits per heavy atom. The van der Waals surface area contributed by atoms with Crippen molar-refractivity contribution >= 4 is 11.8 Å². The Hall–Kier alpha value is -1.02. The summed E-state index contributed by atoms with van der Waals surface area (Å²) in [7, 11) is 1.73. The van der Waals surface area contributed by atoms with Crippen molar-refractivity contribution in [3.8, 4) is 6.07 Å². The maximum atomic E-state index is 9.76. The molecule has 0 bridgehead atoms. The number of benzene rings is 1. The van der Waals surface area contributed by atoms with Crippen LogP contribution in [0.5, 0.6) is 0 Å². The van der Waals surface area contributed by atoms with Crippen LogP contribution in [-0.4, -0.2) is 31.8 Å². The fraction of sp³-hybridized carbons (Fsp3) is 0.588. The van der Waals surface area contributed by atoms with E-state index < -0.39 is 5.54 Å². The van der Waals surface area contributed by atoms with Gasteiger partial charge in [-0.05, 0) is 42.9 Å². The molecule has 0 spiro atoms. The number of nitrogens with one attached hydrogen (secondary N) is 1. The lowest BCUT2D eigenvalue weighted by Gasteiger charge is -2.28. The Balaban J connectivity index is 2.62. The molecule has 0 fully saturated rings. The number of rotatable bonds is 11. The molecule has 0 heterocycles. The molecule has 1 aromatic rings. The van der Waals surface area contributed by atoms with Crippen LogP contribution in [-0.2, 0) is 10.3 Å². The minimum atomic E-state index is -0.564. The molecule has 1 aromatic carbocycles. The first-order chi connectivity index (χ1) is 10.3. The summed E-state index contributed by atoms with van der Waals surface area (Å²) in [6, 6.07) is 12.6. The summed E-state index contributed by atoms with van der Waals surface area (Å²) in [5.41, 5.74) is 0.504. The zero-order chi connectivity index (χ0) is 15.4. The maximum absolute atomic E-state index is 9.76. The molecule has 1 unspecified atom stereocenters. The first-order valence-corrected chi connectivity index (χ1v) is 8.73. The van der Waals surface area contributed by atoms with Gasteiger partial charge in [0.1, 0.15) is 5.54 Å². The van der Waals surface area contributed by atoms with Crippen molar-refractivity contribution in [1.29, 1.82) is 5.26 Å². The molecule has 4 heteroatoms. The summed E-state index contributed by atoms with van der Waals surface area (Å²) in [5.74, 6) is 2.06. The lowest BCUT2D eigenvalue weighted by molar-refractivity contribution is 0.200. The minimum Gasteiger partial charge on any atom is -0.385 e. The lowest BCUT2D eigenvalue weighted by atomic mass is 9.88. The number of thioether (sulfide) groups is 1. The van der Waals surface area contributed by atoms with Gasteiger partial charge >= 0.3 is 0 Å². The predicted octanol–water partition coefficient (Wildman–Crippen LogP) is 3.56. The zero-order valence-electron chi connectivity index (χ0n) is 13.1. The molecule has 21 heavy (non-hydrogen) atoms. The number of ether oxygens (including phenoxy) is 1. The third kappa shape index (κ3) is 6.09. The lowest BCUT2D eigenvalue weighted by Crippen LogP contribution is -2.42. The number of nitriles is 1.